The summed E-state index contributed by atoms with van der Waals surface area (Å²) in [7, 11) is 0. The van der Waals surface area contributed by atoms with Crippen LogP contribution in [0.5, 0.6) is 0 Å². The van der Waals surface area contributed by atoms with Crippen LogP contribution in [0.25, 0.3) is 0 Å². The number of aliphatic hydroxyl groups excluding tert-OH is 1. The van der Waals surface area contributed by atoms with Gasteiger partial charge >= 0.3 is 0 Å². The summed E-state index contributed by atoms with van der Waals surface area (Å²) in [6, 6.07) is 0. The number of aromatic amines is 1. The molecule has 1 aromatic heterocycles. The van der Waals surface area contributed by atoms with Crippen LogP contribution >= 0.6 is 0 Å². The van der Waals surface area contributed by atoms with Gasteiger partial charge in [-0.05, 0) is 18.8 Å². The molecule has 0 aromatic carbocycles. The van der Waals surface area contributed by atoms with Crippen molar-refractivity contribution in [3.63, 3.8) is 0 Å². The van der Waals surface area contributed by atoms with Crippen LogP contribution in [0.15, 0.2) is 0 Å². The van der Waals surface area contributed by atoms with Gasteiger partial charge in [-0.25, -0.2) is 4.98 Å². The lowest BCUT2D eigenvalue weighted by molar-refractivity contribution is 0.0290. The Kier molecular flexibility index (Phi) is 3.96. The van der Waals surface area contributed by atoms with E-state index in [1.807, 2.05) is 6.92 Å². The molecule has 2 atom stereocenters. The molecule has 1 aromatic rings. The maximum Gasteiger partial charge on any atom is 0.293 e. The number of amides is 1. The van der Waals surface area contributed by atoms with Crippen LogP contribution in [0.1, 0.15) is 43.1 Å². The molecule has 1 amide bonds. The van der Waals surface area contributed by atoms with Crippen LogP contribution in [0, 0.1) is 5.92 Å². The van der Waals surface area contributed by atoms with Gasteiger partial charge in [0.1, 0.15) is 5.82 Å². The fraction of sp³-hybridized carbons (Fsp3) is 0.750. The van der Waals surface area contributed by atoms with E-state index in [9.17, 15) is 9.90 Å². The van der Waals surface area contributed by atoms with Crippen LogP contribution in [0.2, 0.25) is 0 Å². The van der Waals surface area contributed by atoms with Crippen molar-refractivity contribution in [3.05, 3.63) is 11.6 Å². The van der Waals surface area contributed by atoms with Gasteiger partial charge in [0.25, 0.3) is 5.91 Å². The fourth-order valence-electron chi connectivity index (χ4n) is 2.20. The minimum absolute atomic E-state index is 0.108. The molecule has 0 saturated carbocycles. The first-order chi connectivity index (χ1) is 8.61. The Morgan fingerprint density at radius 1 is 1.61 bits per heavy atom. The summed E-state index contributed by atoms with van der Waals surface area (Å²) in [5, 5.41) is 16.4. The Labute approximate surface area is 106 Å². The molecule has 18 heavy (non-hydrogen) atoms. The molecule has 100 valence electrons. The van der Waals surface area contributed by atoms with Gasteiger partial charge in [0, 0.05) is 19.5 Å². The highest BCUT2D eigenvalue weighted by atomic mass is 16.3. The third-order valence-electron chi connectivity index (χ3n) is 3.36. The quantitative estimate of drug-likeness (QED) is 0.825. The SMILES string of the molecule is CCCc1nc(C(=O)N2CCC(O)C(C)C2)n[nH]1. The average Bonchev–Trinajstić information content (AvgIpc) is 2.81. The molecule has 0 radical (unpaired) electrons. The number of likely N-dealkylation sites (tertiary alicyclic amines) is 1. The zero-order chi connectivity index (χ0) is 13.1. The van der Waals surface area contributed by atoms with Crippen molar-refractivity contribution in [2.45, 2.75) is 39.2 Å². The number of carbonyl (C=O) groups excluding carboxylic acids is 1. The summed E-state index contributed by atoms with van der Waals surface area (Å²) in [6.45, 7) is 5.14. The monoisotopic (exact) mass is 252 g/mol. The smallest absolute Gasteiger partial charge is 0.293 e. The topological polar surface area (TPSA) is 82.1 Å². The molecule has 2 heterocycles. The molecule has 0 spiro atoms. The van der Waals surface area contributed by atoms with Crippen LogP contribution in [-0.2, 0) is 6.42 Å². The molecule has 2 rings (SSSR count). The Morgan fingerprint density at radius 2 is 2.39 bits per heavy atom. The third kappa shape index (κ3) is 2.69. The van der Waals surface area contributed by atoms with Crippen molar-refractivity contribution in [3.8, 4) is 0 Å². The largest absolute Gasteiger partial charge is 0.393 e. The number of nitrogens with one attached hydrogen (secondary N) is 1. The first-order valence-electron chi connectivity index (χ1n) is 6.50. The Hall–Kier alpha value is -1.43. The average molecular weight is 252 g/mol. The van der Waals surface area contributed by atoms with Crippen molar-refractivity contribution < 1.29 is 9.90 Å². The molecule has 2 N–H and O–H groups in total. The molecule has 0 aliphatic carbocycles. The lowest BCUT2D eigenvalue weighted by Gasteiger charge is -2.33. The maximum atomic E-state index is 12.2. The Morgan fingerprint density at radius 3 is 3.06 bits per heavy atom. The number of hydrogen-bond donors (Lipinski definition) is 2. The Bertz CT molecular complexity index is 418. The van der Waals surface area contributed by atoms with Crippen molar-refractivity contribution in [1.29, 1.82) is 0 Å². The molecular formula is C12H20N4O2. The second-order valence-corrected chi connectivity index (χ2v) is 4.94. The number of aromatic nitrogens is 3. The summed E-state index contributed by atoms with van der Waals surface area (Å²) in [5.41, 5.74) is 0. The third-order valence-corrected chi connectivity index (χ3v) is 3.36. The number of H-pyrrole nitrogens is 1. The van der Waals surface area contributed by atoms with Crippen molar-refractivity contribution >= 4 is 5.91 Å². The fourth-order valence-corrected chi connectivity index (χ4v) is 2.20. The molecule has 2 unspecified atom stereocenters. The molecule has 1 aliphatic heterocycles. The summed E-state index contributed by atoms with van der Waals surface area (Å²) >= 11 is 0. The first-order valence-corrected chi connectivity index (χ1v) is 6.50. The van der Waals surface area contributed by atoms with Crippen molar-refractivity contribution in [2.24, 2.45) is 5.92 Å². The Balaban J connectivity index is 2.02. The summed E-state index contributed by atoms with van der Waals surface area (Å²) in [4.78, 5) is 18.1. The van der Waals surface area contributed by atoms with E-state index in [1.54, 1.807) is 4.90 Å². The number of nitrogens with zero attached hydrogens (tertiary/aromatic N) is 3. The van der Waals surface area contributed by atoms with Crippen LogP contribution < -0.4 is 0 Å². The van der Waals surface area contributed by atoms with Gasteiger partial charge < -0.3 is 10.0 Å². The van der Waals surface area contributed by atoms with Gasteiger partial charge in [0.15, 0.2) is 0 Å². The van der Waals surface area contributed by atoms with Gasteiger partial charge in [-0.15, -0.1) is 5.10 Å². The lowest BCUT2D eigenvalue weighted by Crippen LogP contribution is -2.45. The zero-order valence-electron chi connectivity index (χ0n) is 10.9. The lowest BCUT2D eigenvalue weighted by atomic mass is 9.97. The number of hydrogen-bond acceptors (Lipinski definition) is 4. The number of rotatable bonds is 3. The van der Waals surface area contributed by atoms with E-state index in [0.29, 0.717) is 19.5 Å². The van der Waals surface area contributed by atoms with E-state index in [-0.39, 0.29) is 23.8 Å². The molecule has 1 fully saturated rings. The van der Waals surface area contributed by atoms with Gasteiger partial charge in [0.2, 0.25) is 5.82 Å². The van der Waals surface area contributed by atoms with E-state index in [0.717, 1.165) is 18.7 Å². The number of piperidine rings is 1. The summed E-state index contributed by atoms with van der Waals surface area (Å²) in [6.07, 6.45) is 2.08. The molecule has 6 heteroatoms. The van der Waals surface area contributed by atoms with E-state index >= 15 is 0 Å². The maximum absolute atomic E-state index is 12.2. The van der Waals surface area contributed by atoms with E-state index in [4.69, 9.17) is 0 Å². The standard InChI is InChI=1S/C12H20N4O2/c1-3-4-10-13-11(15-14-10)12(18)16-6-5-9(17)8(2)7-16/h8-9,17H,3-7H2,1-2H3,(H,13,14,15). The van der Waals surface area contributed by atoms with Gasteiger partial charge in [-0.2, -0.15) is 0 Å². The van der Waals surface area contributed by atoms with Crippen molar-refractivity contribution in [2.75, 3.05) is 13.1 Å². The van der Waals surface area contributed by atoms with Gasteiger partial charge in [-0.1, -0.05) is 13.8 Å². The highest BCUT2D eigenvalue weighted by molar-refractivity contribution is 5.90. The second kappa shape index (κ2) is 5.48. The number of aliphatic hydroxyl groups is 1. The molecule has 6 nitrogen and oxygen atoms in total. The summed E-state index contributed by atoms with van der Waals surface area (Å²) in [5.74, 6) is 0.956. The zero-order valence-corrected chi connectivity index (χ0v) is 10.9. The molecule has 1 saturated heterocycles. The normalized spacial score (nSPS) is 24.3. The van der Waals surface area contributed by atoms with Crippen LogP contribution in [0.4, 0.5) is 0 Å². The highest BCUT2D eigenvalue weighted by Crippen LogP contribution is 2.17. The minimum atomic E-state index is -0.308. The highest BCUT2D eigenvalue weighted by Gasteiger charge is 2.29. The van der Waals surface area contributed by atoms with E-state index in [1.165, 1.54) is 0 Å². The predicted octanol–water partition coefficient (Wildman–Crippen LogP) is 0.600. The minimum Gasteiger partial charge on any atom is -0.393 e. The molecular weight excluding hydrogens is 232 g/mol. The van der Waals surface area contributed by atoms with E-state index in [2.05, 4.69) is 22.1 Å². The first kappa shape index (κ1) is 13.0. The van der Waals surface area contributed by atoms with E-state index < -0.39 is 0 Å². The number of aryl methyl sites for hydroxylation is 1. The molecule has 1 aliphatic rings. The van der Waals surface area contributed by atoms with Crippen molar-refractivity contribution in [1.82, 2.24) is 20.1 Å². The van der Waals surface area contributed by atoms with Gasteiger partial charge in [-0.3, -0.25) is 9.89 Å². The van der Waals surface area contributed by atoms with Crippen LogP contribution in [0.3, 0.4) is 0 Å². The summed E-state index contributed by atoms with van der Waals surface area (Å²) < 4.78 is 0. The van der Waals surface area contributed by atoms with Gasteiger partial charge in [0.05, 0.1) is 6.10 Å². The predicted molar refractivity (Wildman–Crippen MR) is 66.1 cm³/mol. The number of carbonyl (C=O) groups is 1. The molecule has 0 bridgehead atoms. The van der Waals surface area contributed by atoms with Crippen LogP contribution in [-0.4, -0.2) is 50.3 Å². The second-order valence-electron chi connectivity index (χ2n) is 4.94.